The molecule has 0 saturated carbocycles. The van der Waals surface area contributed by atoms with Crippen molar-refractivity contribution in [2.24, 2.45) is 0 Å². The van der Waals surface area contributed by atoms with Crippen molar-refractivity contribution in [3.63, 3.8) is 0 Å². The zero-order valence-electron chi connectivity index (χ0n) is 12.0. The number of nitrogens with one attached hydrogen (secondary N) is 1. The van der Waals surface area contributed by atoms with Crippen LogP contribution in [0.2, 0.25) is 0 Å². The minimum absolute atomic E-state index is 0.306. The summed E-state index contributed by atoms with van der Waals surface area (Å²) in [4.78, 5) is 7.15. The molecule has 3 rings (SSSR count). The summed E-state index contributed by atoms with van der Waals surface area (Å²) in [5.74, 6) is 1.13. The fourth-order valence-electron chi connectivity index (χ4n) is 3.13. The molecule has 5 nitrogen and oxygen atoms in total. The number of rotatable bonds is 3. The van der Waals surface area contributed by atoms with Crippen LogP contribution in [-0.2, 0) is 24.2 Å². The highest BCUT2D eigenvalue weighted by atomic mass is 16.5. The molecule has 1 atom stereocenters. The van der Waals surface area contributed by atoms with Crippen molar-refractivity contribution in [3.8, 4) is 0 Å². The van der Waals surface area contributed by atoms with Gasteiger partial charge < -0.3 is 14.6 Å². The van der Waals surface area contributed by atoms with Gasteiger partial charge in [-0.3, -0.25) is 4.90 Å². The lowest BCUT2D eigenvalue weighted by atomic mass is 10.1. The maximum Gasteiger partial charge on any atom is 0.106 e. The fraction of sp³-hybridized carbons (Fsp3) is 0.786. The van der Waals surface area contributed by atoms with Gasteiger partial charge in [-0.1, -0.05) is 6.92 Å². The zero-order chi connectivity index (χ0) is 13.2. The lowest BCUT2D eigenvalue weighted by molar-refractivity contribution is -0.0348. The summed E-state index contributed by atoms with van der Waals surface area (Å²) in [5.41, 5.74) is 2.64. The Labute approximate surface area is 114 Å². The van der Waals surface area contributed by atoms with E-state index < -0.39 is 0 Å². The van der Waals surface area contributed by atoms with Gasteiger partial charge in [0, 0.05) is 38.3 Å². The monoisotopic (exact) mass is 264 g/mol. The van der Waals surface area contributed by atoms with Crippen LogP contribution in [0, 0.1) is 6.92 Å². The number of ether oxygens (including phenoxy) is 1. The van der Waals surface area contributed by atoms with E-state index in [-0.39, 0.29) is 0 Å². The van der Waals surface area contributed by atoms with E-state index in [0.717, 1.165) is 58.1 Å². The SMILES string of the molecule is CCN1CCOC(Cn2c(C)nc3c2CCNC3)C1. The number of nitrogens with zero attached hydrogens (tertiary/aromatic N) is 3. The first-order chi connectivity index (χ1) is 9.28. The molecule has 5 heteroatoms. The van der Waals surface area contributed by atoms with Gasteiger partial charge in [0.15, 0.2) is 0 Å². The Morgan fingerprint density at radius 1 is 1.47 bits per heavy atom. The molecule has 106 valence electrons. The van der Waals surface area contributed by atoms with E-state index in [1.165, 1.54) is 11.4 Å². The average Bonchev–Trinajstić information content (AvgIpc) is 2.76. The van der Waals surface area contributed by atoms with Crippen molar-refractivity contribution in [3.05, 3.63) is 17.2 Å². The maximum absolute atomic E-state index is 5.92. The number of imidazole rings is 1. The van der Waals surface area contributed by atoms with Gasteiger partial charge in [0.05, 0.1) is 24.9 Å². The number of morpholine rings is 1. The number of likely N-dealkylation sites (N-methyl/N-ethyl adjacent to an activating group) is 1. The summed E-state index contributed by atoms with van der Waals surface area (Å²) >= 11 is 0. The second kappa shape index (κ2) is 5.61. The summed E-state index contributed by atoms with van der Waals surface area (Å²) < 4.78 is 8.30. The van der Waals surface area contributed by atoms with Crippen molar-refractivity contribution >= 4 is 0 Å². The molecule has 1 saturated heterocycles. The third kappa shape index (κ3) is 2.68. The highest BCUT2D eigenvalue weighted by Gasteiger charge is 2.23. The van der Waals surface area contributed by atoms with Crippen LogP contribution >= 0.6 is 0 Å². The number of hydrogen-bond donors (Lipinski definition) is 1. The molecule has 0 amide bonds. The number of aryl methyl sites for hydroxylation is 1. The smallest absolute Gasteiger partial charge is 0.106 e. The van der Waals surface area contributed by atoms with Gasteiger partial charge in [0.1, 0.15) is 5.82 Å². The molecule has 3 heterocycles. The summed E-state index contributed by atoms with van der Waals surface area (Å²) in [6.45, 7) is 11.3. The van der Waals surface area contributed by atoms with E-state index in [1.807, 2.05) is 0 Å². The first-order valence-electron chi connectivity index (χ1n) is 7.37. The summed E-state index contributed by atoms with van der Waals surface area (Å²) in [6.07, 6.45) is 1.39. The summed E-state index contributed by atoms with van der Waals surface area (Å²) in [5, 5.41) is 3.39. The third-order valence-corrected chi connectivity index (χ3v) is 4.23. The van der Waals surface area contributed by atoms with Gasteiger partial charge in [0.2, 0.25) is 0 Å². The number of aromatic nitrogens is 2. The van der Waals surface area contributed by atoms with Crippen LogP contribution in [0.15, 0.2) is 0 Å². The Balaban J connectivity index is 1.74. The van der Waals surface area contributed by atoms with Gasteiger partial charge in [-0.25, -0.2) is 4.98 Å². The molecule has 19 heavy (non-hydrogen) atoms. The van der Waals surface area contributed by atoms with Gasteiger partial charge in [0.25, 0.3) is 0 Å². The average molecular weight is 264 g/mol. The second-order valence-corrected chi connectivity index (χ2v) is 5.48. The van der Waals surface area contributed by atoms with E-state index in [1.54, 1.807) is 0 Å². The first-order valence-corrected chi connectivity index (χ1v) is 7.37. The molecular weight excluding hydrogens is 240 g/mol. The predicted molar refractivity (Wildman–Crippen MR) is 74.2 cm³/mol. The van der Waals surface area contributed by atoms with Crippen LogP contribution in [0.3, 0.4) is 0 Å². The Morgan fingerprint density at radius 3 is 3.21 bits per heavy atom. The van der Waals surface area contributed by atoms with Gasteiger partial charge >= 0.3 is 0 Å². The van der Waals surface area contributed by atoms with Crippen LogP contribution in [0.5, 0.6) is 0 Å². The van der Waals surface area contributed by atoms with Crippen molar-refractivity contribution in [1.82, 2.24) is 19.8 Å². The van der Waals surface area contributed by atoms with E-state index in [9.17, 15) is 0 Å². The first kappa shape index (κ1) is 13.1. The standard InChI is InChI=1S/C14H24N4O/c1-3-17-6-7-19-12(9-17)10-18-11(2)16-13-8-15-5-4-14(13)18/h12,15H,3-10H2,1-2H3. The topological polar surface area (TPSA) is 42.3 Å². The second-order valence-electron chi connectivity index (χ2n) is 5.48. The van der Waals surface area contributed by atoms with Gasteiger partial charge in [-0.2, -0.15) is 0 Å². The lowest BCUT2D eigenvalue weighted by Crippen LogP contribution is -2.44. The lowest BCUT2D eigenvalue weighted by Gasteiger charge is -2.33. The Kier molecular flexibility index (Phi) is 3.86. The van der Waals surface area contributed by atoms with E-state index >= 15 is 0 Å². The molecule has 0 bridgehead atoms. The minimum Gasteiger partial charge on any atom is -0.374 e. The van der Waals surface area contributed by atoms with Gasteiger partial charge in [-0.15, -0.1) is 0 Å². The molecule has 0 spiro atoms. The molecule has 0 aliphatic carbocycles. The Hall–Kier alpha value is -0.910. The molecule has 2 aliphatic heterocycles. The molecule has 1 fully saturated rings. The van der Waals surface area contributed by atoms with E-state index in [0.29, 0.717) is 6.10 Å². The quantitative estimate of drug-likeness (QED) is 0.866. The molecule has 0 radical (unpaired) electrons. The molecule has 1 aromatic heterocycles. The van der Waals surface area contributed by atoms with Crippen LogP contribution in [0.1, 0.15) is 24.1 Å². The normalized spacial score (nSPS) is 24.4. The fourth-order valence-corrected chi connectivity index (χ4v) is 3.13. The Morgan fingerprint density at radius 2 is 2.37 bits per heavy atom. The van der Waals surface area contributed by atoms with Crippen molar-refractivity contribution in [2.75, 3.05) is 32.8 Å². The van der Waals surface area contributed by atoms with Crippen LogP contribution in [-0.4, -0.2) is 53.3 Å². The van der Waals surface area contributed by atoms with Crippen molar-refractivity contribution in [1.29, 1.82) is 0 Å². The van der Waals surface area contributed by atoms with Crippen LogP contribution in [0.4, 0.5) is 0 Å². The molecular formula is C14H24N4O. The van der Waals surface area contributed by atoms with Crippen molar-refractivity contribution in [2.45, 2.75) is 39.5 Å². The number of hydrogen-bond acceptors (Lipinski definition) is 4. The summed E-state index contributed by atoms with van der Waals surface area (Å²) in [6, 6.07) is 0. The predicted octanol–water partition coefficient (Wildman–Crippen LogP) is 0.558. The van der Waals surface area contributed by atoms with Gasteiger partial charge in [-0.05, 0) is 13.5 Å². The molecule has 0 aromatic carbocycles. The highest BCUT2D eigenvalue weighted by molar-refractivity contribution is 5.20. The minimum atomic E-state index is 0.306. The highest BCUT2D eigenvalue weighted by Crippen LogP contribution is 2.18. The molecule has 1 unspecified atom stereocenters. The third-order valence-electron chi connectivity index (χ3n) is 4.23. The maximum atomic E-state index is 5.92. The molecule has 2 aliphatic rings. The van der Waals surface area contributed by atoms with E-state index in [2.05, 4.69) is 33.6 Å². The number of fused-ring (bicyclic) bond motifs is 1. The zero-order valence-corrected chi connectivity index (χ0v) is 12.0. The largest absolute Gasteiger partial charge is 0.374 e. The van der Waals surface area contributed by atoms with Crippen molar-refractivity contribution < 1.29 is 4.74 Å². The van der Waals surface area contributed by atoms with E-state index in [4.69, 9.17) is 4.74 Å². The Bertz CT molecular complexity index is 443. The summed E-state index contributed by atoms with van der Waals surface area (Å²) in [7, 11) is 0. The molecule has 1 N–H and O–H groups in total. The van der Waals surface area contributed by atoms with Crippen LogP contribution < -0.4 is 5.32 Å². The van der Waals surface area contributed by atoms with Crippen LogP contribution in [0.25, 0.3) is 0 Å². The molecule has 1 aromatic rings.